The zero-order valence-electron chi connectivity index (χ0n) is 22.2. The summed E-state index contributed by atoms with van der Waals surface area (Å²) in [4.78, 5) is 28.8. The molecule has 7 nitrogen and oxygen atoms in total. The number of sulfonamides is 1. The lowest BCUT2D eigenvalue weighted by Crippen LogP contribution is -2.54. The monoisotopic (exact) mass is 573 g/mol. The predicted octanol–water partition coefficient (Wildman–Crippen LogP) is 4.80. The van der Waals surface area contributed by atoms with Gasteiger partial charge >= 0.3 is 0 Å². The molecule has 0 unspecified atom stereocenters. The van der Waals surface area contributed by atoms with E-state index in [4.69, 9.17) is 11.6 Å². The number of carbonyl (C=O) groups excluding carboxylic acids is 2. The molecule has 2 amide bonds. The van der Waals surface area contributed by atoms with Gasteiger partial charge in [-0.2, -0.15) is 0 Å². The van der Waals surface area contributed by atoms with Crippen LogP contribution in [-0.4, -0.2) is 50.0 Å². The average Bonchev–Trinajstić information content (AvgIpc) is 2.89. The minimum Gasteiger partial charge on any atom is -0.352 e. The van der Waals surface area contributed by atoms with Gasteiger partial charge in [0.1, 0.15) is 18.4 Å². The molecule has 208 valence electrons. The second kappa shape index (κ2) is 13.6. The molecule has 0 heterocycles. The first-order valence-electron chi connectivity index (χ1n) is 12.6. The van der Waals surface area contributed by atoms with Gasteiger partial charge in [0.15, 0.2) is 0 Å². The third kappa shape index (κ3) is 8.53. The molecule has 0 fully saturated rings. The van der Waals surface area contributed by atoms with Gasteiger partial charge in [-0.25, -0.2) is 12.8 Å². The molecule has 0 saturated heterocycles. The van der Waals surface area contributed by atoms with Crippen LogP contribution >= 0.6 is 11.6 Å². The Bertz CT molecular complexity index is 1390. The van der Waals surface area contributed by atoms with Gasteiger partial charge in [0.25, 0.3) is 0 Å². The molecular formula is C29H33ClFN3O4S. The van der Waals surface area contributed by atoms with Gasteiger partial charge < -0.3 is 10.2 Å². The summed E-state index contributed by atoms with van der Waals surface area (Å²) in [7, 11) is -3.92. The van der Waals surface area contributed by atoms with Crippen LogP contribution in [0.25, 0.3) is 0 Å². The third-order valence-electron chi connectivity index (χ3n) is 6.35. The van der Waals surface area contributed by atoms with Gasteiger partial charge in [0.2, 0.25) is 21.8 Å². The van der Waals surface area contributed by atoms with Crippen molar-refractivity contribution in [1.29, 1.82) is 0 Å². The lowest BCUT2D eigenvalue weighted by atomic mass is 10.0. The fourth-order valence-electron chi connectivity index (χ4n) is 4.05. The molecule has 2 atom stereocenters. The Morgan fingerprint density at radius 2 is 1.67 bits per heavy atom. The summed E-state index contributed by atoms with van der Waals surface area (Å²) in [6.45, 7) is 2.94. The van der Waals surface area contributed by atoms with Crippen LogP contribution in [-0.2, 0) is 32.6 Å². The van der Waals surface area contributed by atoms with E-state index < -0.39 is 40.2 Å². The molecule has 0 radical (unpaired) electrons. The van der Waals surface area contributed by atoms with Crippen LogP contribution < -0.4 is 9.62 Å². The summed E-state index contributed by atoms with van der Waals surface area (Å²) < 4.78 is 41.2. The largest absolute Gasteiger partial charge is 0.352 e. The van der Waals surface area contributed by atoms with Gasteiger partial charge in [-0.3, -0.25) is 13.9 Å². The number of halogens is 2. The number of amides is 2. The lowest BCUT2D eigenvalue weighted by molar-refractivity contribution is -0.140. The zero-order chi connectivity index (χ0) is 28.6. The summed E-state index contributed by atoms with van der Waals surface area (Å²) in [6, 6.07) is 20.1. The first-order valence-corrected chi connectivity index (χ1v) is 14.8. The van der Waals surface area contributed by atoms with Crippen LogP contribution in [0.4, 0.5) is 10.1 Å². The van der Waals surface area contributed by atoms with Gasteiger partial charge in [0, 0.05) is 29.6 Å². The van der Waals surface area contributed by atoms with E-state index in [2.05, 4.69) is 5.32 Å². The van der Waals surface area contributed by atoms with Crippen molar-refractivity contribution in [3.8, 4) is 0 Å². The zero-order valence-corrected chi connectivity index (χ0v) is 23.8. The molecule has 3 aromatic carbocycles. The molecule has 0 saturated carbocycles. The van der Waals surface area contributed by atoms with E-state index in [9.17, 15) is 22.4 Å². The minimum atomic E-state index is -3.92. The first kappa shape index (κ1) is 30.1. The highest BCUT2D eigenvalue weighted by molar-refractivity contribution is 7.92. The number of nitrogens with zero attached hydrogens (tertiary/aromatic N) is 2. The number of nitrogens with one attached hydrogen (secondary N) is 1. The lowest BCUT2D eigenvalue weighted by Gasteiger charge is -2.34. The van der Waals surface area contributed by atoms with Gasteiger partial charge in [-0.1, -0.05) is 73.1 Å². The van der Waals surface area contributed by atoms with Crippen LogP contribution in [0.15, 0.2) is 78.9 Å². The first-order chi connectivity index (χ1) is 18.5. The molecule has 0 aliphatic carbocycles. The van der Waals surface area contributed by atoms with Crippen molar-refractivity contribution in [2.75, 3.05) is 17.1 Å². The Morgan fingerprint density at radius 3 is 2.28 bits per heavy atom. The molecule has 3 aromatic rings. The fourth-order valence-corrected chi connectivity index (χ4v) is 5.08. The van der Waals surface area contributed by atoms with E-state index in [0.717, 1.165) is 16.1 Å². The number of hydrogen-bond donors (Lipinski definition) is 1. The van der Waals surface area contributed by atoms with E-state index in [1.807, 2.05) is 44.2 Å². The Balaban J connectivity index is 2.07. The van der Waals surface area contributed by atoms with Gasteiger partial charge in [-0.05, 0) is 43.2 Å². The van der Waals surface area contributed by atoms with Crippen molar-refractivity contribution >= 4 is 39.1 Å². The molecule has 0 aliphatic rings. The summed E-state index contributed by atoms with van der Waals surface area (Å²) in [5.41, 5.74) is 1.20. The number of anilines is 1. The number of hydrogen-bond acceptors (Lipinski definition) is 4. The van der Waals surface area contributed by atoms with Crippen molar-refractivity contribution in [2.24, 2.45) is 0 Å². The van der Waals surface area contributed by atoms with Crippen LogP contribution in [0.1, 0.15) is 31.4 Å². The number of benzene rings is 3. The van der Waals surface area contributed by atoms with E-state index in [-0.39, 0.29) is 30.3 Å². The van der Waals surface area contributed by atoms with Crippen molar-refractivity contribution in [2.45, 2.75) is 45.3 Å². The molecule has 0 spiro atoms. The Hall–Kier alpha value is -3.43. The normalized spacial score (nSPS) is 12.8. The van der Waals surface area contributed by atoms with Crippen LogP contribution in [0.5, 0.6) is 0 Å². The molecule has 39 heavy (non-hydrogen) atoms. The predicted molar refractivity (Wildman–Crippen MR) is 152 cm³/mol. The Morgan fingerprint density at radius 1 is 1.00 bits per heavy atom. The highest BCUT2D eigenvalue weighted by Gasteiger charge is 2.33. The minimum absolute atomic E-state index is 0.152. The van der Waals surface area contributed by atoms with Crippen LogP contribution in [0.3, 0.4) is 0 Å². The summed E-state index contributed by atoms with van der Waals surface area (Å²) in [6.07, 6.45) is 1.81. The molecule has 3 rings (SSSR count). The standard InChI is InChI=1S/C29H33ClFN3O4S/c1-4-21(2)32-29(36)27(17-22-11-6-5-7-12-22)33(19-23-13-8-9-16-26(23)31)28(35)20-34(39(3,37)38)25-15-10-14-24(30)18-25/h5-16,18,21,27H,4,17,19-20H2,1-3H3,(H,32,36)/t21-,27+/m1/s1. The molecule has 0 aromatic heterocycles. The van der Waals surface area contributed by atoms with Gasteiger partial charge in [-0.15, -0.1) is 0 Å². The molecule has 0 bridgehead atoms. The Labute approximate surface area is 234 Å². The van der Waals surface area contributed by atoms with E-state index in [1.165, 1.54) is 35.2 Å². The van der Waals surface area contributed by atoms with E-state index >= 15 is 0 Å². The molecule has 1 N–H and O–H groups in total. The maximum atomic E-state index is 14.8. The van der Waals surface area contributed by atoms with E-state index in [1.54, 1.807) is 18.2 Å². The molecule has 10 heteroatoms. The maximum Gasteiger partial charge on any atom is 0.244 e. The van der Waals surface area contributed by atoms with Crippen LogP contribution in [0.2, 0.25) is 5.02 Å². The SMILES string of the molecule is CC[C@@H](C)NC(=O)[C@H](Cc1ccccc1)N(Cc1ccccc1F)C(=O)CN(c1cccc(Cl)c1)S(C)(=O)=O. The van der Waals surface area contributed by atoms with Crippen molar-refractivity contribution in [1.82, 2.24) is 10.2 Å². The molecule has 0 aliphatic heterocycles. The highest BCUT2D eigenvalue weighted by Crippen LogP contribution is 2.23. The Kier molecular flexibility index (Phi) is 10.5. The second-order valence-electron chi connectivity index (χ2n) is 9.39. The average molecular weight is 574 g/mol. The highest BCUT2D eigenvalue weighted by atomic mass is 35.5. The summed E-state index contributed by atoms with van der Waals surface area (Å²) in [5.74, 6) is -1.61. The third-order valence-corrected chi connectivity index (χ3v) is 7.72. The second-order valence-corrected chi connectivity index (χ2v) is 11.7. The number of carbonyl (C=O) groups is 2. The summed E-state index contributed by atoms with van der Waals surface area (Å²) >= 11 is 6.10. The summed E-state index contributed by atoms with van der Waals surface area (Å²) in [5, 5.41) is 3.23. The number of rotatable bonds is 12. The van der Waals surface area contributed by atoms with Crippen LogP contribution in [0, 0.1) is 5.82 Å². The van der Waals surface area contributed by atoms with E-state index in [0.29, 0.717) is 11.4 Å². The maximum absolute atomic E-state index is 14.8. The smallest absolute Gasteiger partial charge is 0.244 e. The fraction of sp³-hybridized carbons (Fsp3) is 0.310. The van der Waals surface area contributed by atoms with Gasteiger partial charge in [0.05, 0.1) is 11.9 Å². The molecular weight excluding hydrogens is 541 g/mol. The van der Waals surface area contributed by atoms with Crippen molar-refractivity contribution in [3.05, 3.63) is 101 Å². The quantitative estimate of drug-likeness (QED) is 0.337. The van der Waals surface area contributed by atoms with Crippen molar-refractivity contribution < 1.29 is 22.4 Å². The topological polar surface area (TPSA) is 86.8 Å². The van der Waals surface area contributed by atoms with Crippen molar-refractivity contribution in [3.63, 3.8) is 0 Å².